The Morgan fingerprint density at radius 1 is 1.32 bits per heavy atom. The summed E-state index contributed by atoms with van der Waals surface area (Å²) in [6, 6.07) is 8.40. The van der Waals surface area contributed by atoms with E-state index in [0.29, 0.717) is 10.6 Å². The van der Waals surface area contributed by atoms with Gasteiger partial charge in [0.15, 0.2) is 6.19 Å². The van der Waals surface area contributed by atoms with Gasteiger partial charge in [0.2, 0.25) is 5.96 Å². The highest BCUT2D eigenvalue weighted by Crippen LogP contribution is 2.29. The maximum atomic E-state index is 9.16. The predicted octanol–water partition coefficient (Wildman–Crippen LogP) is 1.10. The van der Waals surface area contributed by atoms with Crippen molar-refractivity contribution in [1.82, 2.24) is 10.6 Å². The van der Waals surface area contributed by atoms with E-state index in [1.54, 1.807) is 30.5 Å². The smallest absolute Gasteiger partial charge is 0.211 e. The van der Waals surface area contributed by atoms with Crippen molar-refractivity contribution in [3.63, 3.8) is 0 Å². The summed E-state index contributed by atoms with van der Waals surface area (Å²) in [5, 5.41) is 23.4. The topological polar surface area (TPSA) is 110 Å². The Morgan fingerprint density at radius 2 is 2.00 bits per heavy atom. The monoisotopic (exact) mass is 272 g/mol. The van der Waals surface area contributed by atoms with Crippen LogP contribution in [0.5, 0.6) is 0 Å². The zero-order chi connectivity index (χ0) is 13.8. The highest BCUT2D eigenvalue weighted by atomic mass is 35.5. The first-order valence-corrected chi connectivity index (χ1v) is 5.68. The van der Waals surface area contributed by atoms with Crippen LogP contribution >= 0.6 is 11.6 Å². The Hall–Kier alpha value is -2.70. The number of halogens is 1. The summed E-state index contributed by atoms with van der Waals surface area (Å²) in [6.07, 6.45) is 1.75. The summed E-state index contributed by atoms with van der Waals surface area (Å²) in [4.78, 5) is 4.24. The average Bonchev–Trinajstić information content (AvgIpc) is 2.39. The molecule has 0 spiro atoms. The Bertz CT molecular complexity index is 632. The molecule has 19 heavy (non-hydrogen) atoms. The van der Waals surface area contributed by atoms with E-state index in [-0.39, 0.29) is 11.8 Å². The molecule has 0 saturated heterocycles. The number of nitrogens with zero attached hydrogens (tertiary/aromatic N) is 3. The molecule has 1 aromatic carbocycles. The van der Waals surface area contributed by atoms with Crippen LogP contribution in [0.2, 0.25) is 5.02 Å². The quantitative estimate of drug-likeness (QED) is 0.524. The molecule has 1 heterocycles. The standard InChI is InChI=1S/C12H9ClN6/c13-8-3-1-7(2-4-8)10-9(5-14)11(16)19-12(18-10)17-6-15/h1-4,10H,16H2,(H2,17,18,19). The minimum atomic E-state index is -0.556. The second-order valence-electron chi connectivity index (χ2n) is 3.73. The Morgan fingerprint density at radius 3 is 2.58 bits per heavy atom. The second kappa shape index (κ2) is 5.30. The van der Waals surface area contributed by atoms with Gasteiger partial charge in [0.1, 0.15) is 17.9 Å². The summed E-state index contributed by atoms with van der Waals surface area (Å²) in [5.74, 6) is 0.383. The fraction of sp³-hybridized carbons (Fsp3) is 0.0833. The van der Waals surface area contributed by atoms with Crippen LogP contribution in [-0.4, -0.2) is 5.96 Å². The van der Waals surface area contributed by atoms with Gasteiger partial charge in [-0.05, 0) is 17.7 Å². The van der Waals surface area contributed by atoms with Crippen LogP contribution in [0.3, 0.4) is 0 Å². The van der Waals surface area contributed by atoms with Crippen molar-refractivity contribution in [3.05, 3.63) is 46.2 Å². The first-order chi connectivity index (χ1) is 9.15. The number of nitriles is 2. The van der Waals surface area contributed by atoms with Gasteiger partial charge >= 0.3 is 0 Å². The molecule has 2 rings (SSSR count). The van der Waals surface area contributed by atoms with E-state index in [2.05, 4.69) is 15.6 Å². The van der Waals surface area contributed by atoms with Crippen LogP contribution in [0.1, 0.15) is 11.6 Å². The lowest BCUT2D eigenvalue weighted by atomic mass is 9.99. The second-order valence-corrected chi connectivity index (χ2v) is 4.17. The Kier molecular flexibility index (Phi) is 3.56. The maximum Gasteiger partial charge on any atom is 0.211 e. The summed E-state index contributed by atoms with van der Waals surface area (Å²) < 4.78 is 0. The normalized spacial score (nSPS) is 17.8. The lowest BCUT2D eigenvalue weighted by Crippen LogP contribution is -2.41. The van der Waals surface area contributed by atoms with Crippen LogP contribution < -0.4 is 16.4 Å². The lowest BCUT2D eigenvalue weighted by molar-refractivity contribution is 0.785. The van der Waals surface area contributed by atoms with Crippen LogP contribution in [0, 0.1) is 22.8 Å². The Labute approximate surface area is 114 Å². The number of nitrogens with one attached hydrogen (secondary N) is 2. The summed E-state index contributed by atoms with van der Waals surface area (Å²) in [6.45, 7) is 0. The molecule has 0 aromatic heterocycles. The third kappa shape index (κ3) is 2.59. The van der Waals surface area contributed by atoms with E-state index >= 15 is 0 Å². The molecule has 0 radical (unpaired) electrons. The van der Waals surface area contributed by atoms with Crippen molar-refractivity contribution in [3.8, 4) is 12.3 Å². The lowest BCUT2D eigenvalue weighted by Gasteiger charge is -2.22. The fourth-order valence-corrected chi connectivity index (χ4v) is 1.82. The third-order valence-electron chi connectivity index (χ3n) is 2.56. The molecular weight excluding hydrogens is 264 g/mol. The molecule has 0 bridgehead atoms. The van der Waals surface area contributed by atoms with Gasteiger partial charge in [-0.2, -0.15) is 10.5 Å². The van der Waals surface area contributed by atoms with E-state index in [4.69, 9.17) is 27.9 Å². The van der Waals surface area contributed by atoms with Gasteiger partial charge in [-0.1, -0.05) is 23.7 Å². The Balaban J connectivity index is 2.44. The van der Waals surface area contributed by atoms with Gasteiger partial charge in [-0.25, -0.2) is 4.99 Å². The van der Waals surface area contributed by atoms with Crippen molar-refractivity contribution in [2.24, 2.45) is 10.7 Å². The molecule has 0 aliphatic carbocycles. The van der Waals surface area contributed by atoms with E-state index in [1.165, 1.54) is 0 Å². The molecule has 1 atom stereocenters. The van der Waals surface area contributed by atoms with E-state index < -0.39 is 6.04 Å². The molecule has 1 unspecified atom stereocenters. The summed E-state index contributed by atoms with van der Waals surface area (Å²) in [7, 11) is 0. The molecular formula is C12H9ClN6. The van der Waals surface area contributed by atoms with Gasteiger partial charge in [0, 0.05) is 5.02 Å². The molecule has 1 aromatic rings. The SMILES string of the molecule is N#CNC1=NC(c2ccc(Cl)cc2)C(C#N)=C(N)N1. The van der Waals surface area contributed by atoms with Gasteiger partial charge < -0.3 is 11.1 Å². The zero-order valence-corrected chi connectivity index (χ0v) is 10.4. The zero-order valence-electron chi connectivity index (χ0n) is 9.68. The number of guanidine groups is 1. The molecule has 0 amide bonds. The predicted molar refractivity (Wildman–Crippen MR) is 70.3 cm³/mol. The van der Waals surface area contributed by atoms with Gasteiger partial charge in [-0.15, -0.1) is 0 Å². The largest absolute Gasteiger partial charge is 0.384 e. The maximum absolute atomic E-state index is 9.16. The van der Waals surface area contributed by atoms with Gasteiger partial charge in [-0.3, -0.25) is 5.32 Å². The van der Waals surface area contributed by atoms with Crippen LogP contribution in [0.4, 0.5) is 0 Å². The average molecular weight is 273 g/mol. The fourth-order valence-electron chi connectivity index (χ4n) is 1.69. The number of nitrogens with two attached hydrogens (primary N) is 1. The van der Waals surface area contributed by atoms with Crippen molar-refractivity contribution in [2.75, 3.05) is 0 Å². The van der Waals surface area contributed by atoms with Crippen molar-refractivity contribution in [2.45, 2.75) is 6.04 Å². The minimum absolute atomic E-state index is 0.176. The third-order valence-corrected chi connectivity index (χ3v) is 2.81. The van der Waals surface area contributed by atoms with E-state index in [0.717, 1.165) is 5.56 Å². The van der Waals surface area contributed by atoms with Crippen molar-refractivity contribution < 1.29 is 0 Å². The summed E-state index contributed by atoms with van der Waals surface area (Å²) >= 11 is 5.82. The molecule has 6 nitrogen and oxygen atoms in total. The first kappa shape index (κ1) is 12.7. The number of rotatable bonds is 1. The van der Waals surface area contributed by atoms with Crippen molar-refractivity contribution in [1.29, 1.82) is 10.5 Å². The van der Waals surface area contributed by atoms with Crippen LogP contribution in [-0.2, 0) is 0 Å². The summed E-state index contributed by atoms with van der Waals surface area (Å²) in [5.41, 5.74) is 6.82. The van der Waals surface area contributed by atoms with Crippen LogP contribution in [0.25, 0.3) is 0 Å². The molecule has 94 valence electrons. The minimum Gasteiger partial charge on any atom is -0.384 e. The van der Waals surface area contributed by atoms with Gasteiger partial charge in [0.25, 0.3) is 0 Å². The van der Waals surface area contributed by atoms with Crippen molar-refractivity contribution >= 4 is 17.6 Å². The van der Waals surface area contributed by atoms with E-state index in [9.17, 15) is 0 Å². The molecule has 1 aliphatic heterocycles. The van der Waals surface area contributed by atoms with E-state index in [1.807, 2.05) is 6.07 Å². The van der Waals surface area contributed by atoms with Crippen LogP contribution in [0.15, 0.2) is 40.7 Å². The molecule has 0 fully saturated rings. The molecule has 4 N–H and O–H groups in total. The molecule has 1 aliphatic rings. The number of hydrogen-bond donors (Lipinski definition) is 3. The van der Waals surface area contributed by atoms with Gasteiger partial charge in [0.05, 0.1) is 5.57 Å². The highest BCUT2D eigenvalue weighted by Gasteiger charge is 2.24. The number of hydrogen-bond acceptors (Lipinski definition) is 6. The first-order valence-electron chi connectivity index (χ1n) is 5.31. The number of aliphatic imine (C=N–C) groups is 1. The highest BCUT2D eigenvalue weighted by molar-refractivity contribution is 6.30. The molecule has 7 heteroatoms. The molecule has 0 saturated carbocycles. The number of benzene rings is 1.